The zero-order valence-corrected chi connectivity index (χ0v) is 19.8. The summed E-state index contributed by atoms with van der Waals surface area (Å²) in [6, 6.07) is 9.27. The number of aryl methyl sites for hydroxylation is 1. The molecule has 2 aliphatic heterocycles. The van der Waals surface area contributed by atoms with E-state index < -0.39 is 23.3 Å². The van der Waals surface area contributed by atoms with Crippen molar-refractivity contribution in [2.45, 2.75) is 32.4 Å². The van der Waals surface area contributed by atoms with Crippen molar-refractivity contribution in [3.8, 4) is 11.8 Å². The first-order valence-corrected chi connectivity index (χ1v) is 11.9. The number of nitrogens with one attached hydrogen (secondary N) is 1. The van der Waals surface area contributed by atoms with Gasteiger partial charge in [0.2, 0.25) is 11.8 Å². The Kier molecular flexibility index (Phi) is 6.63. The molecule has 1 N–H and O–H groups in total. The number of rotatable bonds is 3. The van der Waals surface area contributed by atoms with Gasteiger partial charge in [0, 0.05) is 31.6 Å². The molecule has 0 aliphatic carbocycles. The summed E-state index contributed by atoms with van der Waals surface area (Å²) < 4.78 is 21.5. The molecule has 9 heteroatoms. The maximum Gasteiger partial charge on any atom is 0.263 e. The molecule has 2 amide bonds. The van der Waals surface area contributed by atoms with Crippen LogP contribution in [0.2, 0.25) is 0 Å². The van der Waals surface area contributed by atoms with E-state index in [2.05, 4.69) is 27.0 Å². The van der Waals surface area contributed by atoms with Gasteiger partial charge in [-0.2, -0.15) is 0 Å². The average Bonchev–Trinajstić information content (AvgIpc) is 2.85. The minimum absolute atomic E-state index is 0.141. The van der Waals surface area contributed by atoms with E-state index in [1.54, 1.807) is 31.2 Å². The van der Waals surface area contributed by atoms with Crippen molar-refractivity contribution in [1.82, 2.24) is 19.8 Å². The lowest BCUT2D eigenvalue weighted by Crippen LogP contribution is -2.45. The molecular formula is C27H25FN4O4. The van der Waals surface area contributed by atoms with Gasteiger partial charge in [0.05, 0.1) is 29.7 Å². The summed E-state index contributed by atoms with van der Waals surface area (Å²) in [6.45, 7) is 5.27. The van der Waals surface area contributed by atoms with Gasteiger partial charge < -0.3 is 4.74 Å². The number of halogens is 1. The highest BCUT2D eigenvalue weighted by molar-refractivity contribution is 5.99. The summed E-state index contributed by atoms with van der Waals surface area (Å²) in [4.78, 5) is 44.2. The van der Waals surface area contributed by atoms with Crippen LogP contribution in [0.1, 0.15) is 41.4 Å². The normalized spacial score (nSPS) is 18.6. The van der Waals surface area contributed by atoms with Crippen LogP contribution in [0.4, 0.5) is 4.39 Å². The molecule has 5 rings (SSSR count). The summed E-state index contributed by atoms with van der Waals surface area (Å²) in [5, 5.41) is 2.54. The summed E-state index contributed by atoms with van der Waals surface area (Å²) >= 11 is 0. The van der Waals surface area contributed by atoms with Crippen LogP contribution in [0.5, 0.6) is 0 Å². The Labute approximate surface area is 207 Å². The van der Waals surface area contributed by atoms with Crippen molar-refractivity contribution in [2.75, 3.05) is 26.3 Å². The lowest BCUT2D eigenvalue weighted by atomic mass is 10.0. The number of imide groups is 1. The highest BCUT2D eigenvalue weighted by Gasteiger charge is 2.30. The quantitative estimate of drug-likeness (QED) is 0.448. The number of hydrogen-bond donors (Lipinski definition) is 1. The van der Waals surface area contributed by atoms with Crippen molar-refractivity contribution < 1.29 is 18.7 Å². The van der Waals surface area contributed by atoms with E-state index in [0.717, 1.165) is 18.7 Å². The molecule has 3 aromatic rings. The predicted molar refractivity (Wildman–Crippen MR) is 131 cm³/mol. The fourth-order valence-corrected chi connectivity index (χ4v) is 4.66. The van der Waals surface area contributed by atoms with E-state index in [9.17, 15) is 18.8 Å². The van der Waals surface area contributed by atoms with Gasteiger partial charge in [0.15, 0.2) is 0 Å². The Balaban J connectivity index is 1.48. The van der Waals surface area contributed by atoms with Crippen LogP contribution < -0.4 is 10.9 Å². The Bertz CT molecular complexity index is 1480. The van der Waals surface area contributed by atoms with Gasteiger partial charge in [0.1, 0.15) is 17.7 Å². The minimum Gasteiger partial charge on any atom is -0.379 e. The first-order chi connectivity index (χ1) is 17.4. The van der Waals surface area contributed by atoms with Gasteiger partial charge in [-0.15, -0.1) is 0 Å². The standard InChI is InChI=1S/C27H25FN4O4/c1-17-29-22-4-2-3-20(25(22)27(35)32(17)23-9-10-24(33)30-26(23)34)8-7-19-6-5-18(15-21(19)28)16-31-11-13-36-14-12-31/h2-6,15,23H,9-14,16H2,1H3,(H,30,33,34). The Hall–Kier alpha value is -3.87. The smallest absolute Gasteiger partial charge is 0.263 e. The molecule has 8 nitrogen and oxygen atoms in total. The zero-order valence-electron chi connectivity index (χ0n) is 19.8. The average molecular weight is 489 g/mol. The van der Waals surface area contributed by atoms with Crippen molar-refractivity contribution in [2.24, 2.45) is 0 Å². The molecule has 0 radical (unpaired) electrons. The number of hydrogen-bond acceptors (Lipinski definition) is 6. The Morgan fingerprint density at radius 2 is 1.89 bits per heavy atom. The van der Waals surface area contributed by atoms with Crippen molar-refractivity contribution in [1.29, 1.82) is 0 Å². The molecule has 2 fully saturated rings. The summed E-state index contributed by atoms with van der Waals surface area (Å²) in [5.41, 5.74) is 1.50. The second-order valence-electron chi connectivity index (χ2n) is 8.95. The number of benzene rings is 2. The number of morpholine rings is 1. The number of amides is 2. The summed E-state index contributed by atoms with van der Waals surface area (Å²) in [7, 11) is 0. The number of carbonyl (C=O) groups excluding carboxylic acids is 2. The largest absolute Gasteiger partial charge is 0.379 e. The van der Waals surface area contributed by atoms with Crippen LogP contribution in [0, 0.1) is 24.6 Å². The molecule has 36 heavy (non-hydrogen) atoms. The van der Waals surface area contributed by atoms with E-state index in [1.807, 2.05) is 6.07 Å². The maximum absolute atomic E-state index is 14.8. The first kappa shape index (κ1) is 23.9. The second kappa shape index (κ2) is 10.0. The fraction of sp³-hybridized carbons (Fsp3) is 0.333. The van der Waals surface area contributed by atoms with Crippen LogP contribution in [-0.4, -0.2) is 52.6 Å². The van der Waals surface area contributed by atoms with E-state index in [1.165, 1.54) is 10.6 Å². The minimum atomic E-state index is -0.829. The molecule has 0 saturated carbocycles. The predicted octanol–water partition coefficient (Wildman–Crippen LogP) is 2.05. The van der Waals surface area contributed by atoms with Crippen molar-refractivity contribution >= 4 is 22.7 Å². The van der Waals surface area contributed by atoms with E-state index in [0.29, 0.717) is 36.7 Å². The molecule has 0 spiro atoms. The zero-order chi connectivity index (χ0) is 25.2. The monoisotopic (exact) mass is 488 g/mol. The Morgan fingerprint density at radius 3 is 2.64 bits per heavy atom. The van der Waals surface area contributed by atoms with Gasteiger partial charge in [0.25, 0.3) is 5.56 Å². The molecule has 184 valence electrons. The molecule has 1 atom stereocenters. The first-order valence-electron chi connectivity index (χ1n) is 11.9. The highest BCUT2D eigenvalue weighted by atomic mass is 19.1. The molecule has 3 heterocycles. The van der Waals surface area contributed by atoms with Crippen LogP contribution in [-0.2, 0) is 20.9 Å². The molecular weight excluding hydrogens is 463 g/mol. The second-order valence-corrected chi connectivity index (χ2v) is 8.95. The summed E-state index contributed by atoms with van der Waals surface area (Å²) in [5.74, 6) is 4.83. The van der Waals surface area contributed by atoms with Gasteiger partial charge in [-0.25, -0.2) is 9.37 Å². The molecule has 0 bridgehead atoms. The van der Waals surface area contributed by atoms with Crippen LogP contribution in [0.25, 0.3) is 10.9 Å². The van der Waals surface area contributed by atoms with Gasteiger partial charge >= 0.3 is 0 Å². The molecule has 2 aromatic carbocycles. The number of aromatic nitrogens is 2. The third-order valence-electron chi connectivity index (χ3n) is 6.50. The van der Waals surface area contributed by atoms with E-state index in [-0.39, 0.29) is 29.7 Å². The number of carbonyl (C=O) groups is 2. The number of ether oxygens (including phenoxy) is 1. The molecule has 2 saturated heterocycles. The third kappa shape index (κ3) is 4.78. The van der Waals surface area contributed by atoms with Crippen molar-refractivity contribution in [3.63, 3.8) is 0 Å². The van der Waals surface area contributed by atoms with Gasteiger partial charge in [-0.05, 0) is 43.2 Å². The van der Waals surface area contributed by atoms with Crippen molar-refractivity contribution in [3.05, 3.63) is 75.1 Å². The number of piperidine rings is 1. The van der Waals surface area contributed by atoms with Crippen LogP contribution in [0.3, 0.4) is 0 Å². The maximum atomic E-state index is 14.8. The van der Waals surface area contributed by atoms with Crippen LogP contribution in [0.15, 0.2) is 41.2 Å². The fourth-order valence-electron chi connectivity index (χ4n) is 4.66. The SMILES string of the molecule is Cc1nc2cccc(C#Cc3ccc(CN4CCOCC4)cc3F)c2c(=O)n1C1CCC(=O)NC1=O. The Morgan fingerprint density at radius 1 is 1.11 bits per heavy atom. The van der Waals surface area contributed by atoms with E-state index >= 15 is 0 Å². The van der Waals surface area contributed by atoms with Gasteiger partial charge in [-0.3, -0.25) is 29.2 Å². The highest BCUT2D eigenvalue weighted by Crippen LogP contribution is 2.21. The molecule has 1 aromatic heterocycles. The molecule has 1 unspecified atom stereocenters. The van der Waals surface area contributed by atoms with Crippen LogP contribution >= 0.6 is 0 Å². The number of fused-ring (bicyclic) bond motifs is 1. The third-order valence-corrected chi connectivity index (χ3v) is 6.50. The van der Waals surface area contributed by atoms with Gasteiger partial charge in [-0.1, -0.05) is 24.0 Å². The summed E-state index contributed by atoms with van der Waals surface area (Å²) in [6.07, 6.45) is 0.358. The lowest BCUT2D eigenvalue weighted by molar-refractivity contribution is -0.135. The van der Waals surface area contributed by atoms with E-state index in [4.69, 9.17) is 4.74 Å². The lowest BCUT2D eigenvalue weighted by Gasteiger charge is -2.26. The molecule has 2 aliphatic rings. The topological polar surface area (TPSA) is 93.5 Å². The number of nitrogens with zero attached hydrogens (tertiary/aromatic N) is 3.